The largest absolute Gasteiger partial charge is 0.352 e. The van der Waals surface area contributed by atoms with E-state index in [-0.39, 0.29) is 30.6 Å². The van der Waals surface area contributed by atoms with Crippen molar-refractivity contribution in [2.75, 3.05) is 17.1 Å². The van der Waals surface area contributed by atoms with Crippen molar-refractivity contribution in [3.8, 4) is 0 Å². The lowest BCUT2D eigenvalue weighted by Crippen LogP contribution is -2.53. The number of hydrogen-bond acceptors (Lipinski definition) is 4. The molecule has 2 unspecified atom stereocenters. The maximum atomic E-state index is 13.5. The maximum absolute atomic E-state index is 13.5. The number of hydrogen-bond donors (Lipinski definition) is 1. The Balaban J connectivity index is 2.41. The van der Waals surface area contributed by atoms with E-state index in [1.165, 1.54) is 41.3 Å². The number of halogens is 2. The maximum Gasteiger partial charge on any atom is 0.244 e. The van der Waals surface area contributed by atoms with Gasteiger partial charge in [-0.05, 0) is 61.7 Å². The number of benzene rings is 2. The lowest BCUT2D eigenvalue weighted by molar-refractivity contribution is -0.140. The minimum Gasteiger partial charge on any atom is -0.352 e. The van der Waals surface area contributed by atoms with Crippen molar-refractivity contribution in [2.45, 2.75) is 52.2 Å². The van der Waals surface area contributed by atoms with E-state index in [9.17, 15) is 26.8 Å². The minimum absolute atomic E-state index is 0.0213. The first-order valence-electron chi connectivity index (χ1n) is 11.0. The molecule has 0 bridgehead atoms. The van der Waals surface area contributed by atoms with Gasteiger partial charge < -0.3 is 10.2 Å². The van der Waals surface area contributed by atoms with E-state index in [0.717, 1.165) is 22.7 Å². The number of rotatable bonds is 11. The molecular formula is C24H31F2N3O4S. The van der Waals surface area contributed by atoms with Crippen molar-refractivity contribution in [2.24, 2.45) is 0 Å². The van der Waals surface area contributed by atoms with Gasteiger partial charge in [0.2, 0.25) is 21.8 Å². The third-order valence-corrected chi connectivity index (χ3v) is 6.59. The van der Waals surface area contributed by atoms with E-state index in [0.29, 0.717) is 12.0 Å². The number of nitrogens with zero attached hydrogens (tertiary/aromatic N) is 2. The van der Waals surface area contributed by atoms with E-state index in [1.807, 2.05) is 13.8 Å². The molecule has 2 aromatic rings. The van der Waals surface area contributed by atoms with Crippen LogP contribution in [0.1, 0.15) is 39.2 Å². The van der Waals surface area contributed by atoms with E-state index >= 15 is 0 Å². The molecular weight excluding hydrogens is 464 g/mol. The summed E-state index contributed by atoms with van der Waals surface area (Å²) in [6.45, 7) is 4.90. The molecule has 2 aromatic carbocycles. The van der Waals surface area contributed by atoms with Crippen LogP contribution in [0.15, 0.2) is 48.5 Å². The van der Waals surface area contributed by atoms with Gasteiger partial charge in [0.05, 0.1) is 11.9 Å². The van der Waals surface area contributed by atoms with Crippen LogP contribution in [0.3, 0.4) is 0 Å². The number of anilines is 1. The summed E-state index contributed by atoms with van der Waals surface area (Å²) in [5.41, 5.74) is 0.702. The van der Waals surface area contributed by atoms with Gasteiger partial charge in [-0.25, -0.2) is 17.2 Å². The summed E-state index contributed by atoms with van der Waals surface area (Å²) in [7, 11) is -3.90. The highest BCUT2D eigenvalue weighted by molar-refractivity contribution is 7.92. The lowest BCUT2D eigenvalue weighted by Gasteiger charge is -2.33. The van der Waals surface area contributed by atoms with E-state index in [1.54, 1.807) is 6.92 Å². The SMILES string of the molecule is CCC(C)NC(=O)C(CC)N(Cc1ccc(F)cc1)C(=O)CN(c1ccc(F)cc1)S(C)(=O)=O. The molecule has 1 N–H and O–H groups in total. The van der Waals surface area contributed by atoms with Crippen LogP contribution in [0.2, 0.25) is 0 Å². The summed E-state index contributed by atoms with van der Waals surface area (Å²) in [6.07, 6.45) is 1.92. The summed E-state index contributed by atoms with van der Waals surface area (Å²) in [4.78, 5) is 27.7. The van der Waals surface area contributed by atoms with Gasteiger partial charge in [-0.3, -0.25) is 13.9 Å². The van der Waals surface area contributed by atoms with Gasteiger partial charge in [0.25, 0.3) is 0 Å². The molecule has 0 saturated carbocycles. The van der Waals surface area contributed by atoms with Crippen molar-refractivity contribution in [1.29, 1.82) is 0 Å². The van der Waals surface area contributed by atoms with Gasteiger partial charge in [-0.2, -0.15) is 0 Å². The van der Waals surface area contributed by atoms with E-state index < -0.39 is 40.2 Å². The lowest BCUT2D eigenvalue weighted by atomic mass is 10.1. The first kappa shape index (κ1) is 27.2. The molecule has 0 saturated heterocycles. The van der Waals surface area contributed by atoms with Gasteiger partial charge >= 0.3 is 0 Å². The third-order valence-electron chi connectivity index (χ3n) is 5.45. The Bertz CT molecular complexity index is 1080. The van der Waals surface area contributed by atoms with Crippen molar-refractivity contribution < 1.29 is 26.8 Å². The minimum atomic E-state index is -3.90. The second-order valence-corrected chi connectivity index (χ2v) is 10.0. The Morgan fingerprint density at radius 3 is 1.94 bits per heavy atom. The van der Waals surface area contributed by atoms with Gasteiger partial charge in [-0.15, -0.1) is 0 Å². The highest BCUT2D eigenvalue weighted by atomic mass is 32.2. The topological polar surface area (TPSA) is 86.8 Å². The van der Waals surface area contributed by atoms with Crippen molar-refractivity contribution in [1.82, 2.24) is 10.2 Å². The van der Waals surface area contributed by atoms with Crippen molar-refractivity contribution in [3.63, 3.8) is 0 Å². The zero-order valence-corrected chi connectivity index (χ0v) is 20.6. The second-order valence-electron chi connectivity index (χ2n) is 8.14. The molecule has 0 aliphatic rings. The van der Waals surface area contributed by atoms with Gasteiger partial charge in [0.1, 0.15) is 24.2 Å². The van der Waals surface area contributed by atoms with Crippen LogP contribution in [0, 0.1) is 11.6 Å². The fourth-order valence-electron chi connectivity index (χ4n) is 3.37. The molecule has 0 spiro atoms. The normalized spacial score (nSPS) is 13.1. The smallest absolute Gasteiger partial charge is 0.244 e. The summed E-state index contributed by atoms with van der Waals surface area (Å²) < 4.78 is 52.6. The first-order chi connectivity index (χ1) is 16.0. The van der Waals surface area contributed by atoms with Gasteiger partial charge in [0, 0.05) is 12.6 Å². The molecule has 10 heteroatoms. The summed E-state index contributed by atoms with van der Waals surface area (Å²) in [5.74, 6) is -1.97. The third kappa shape index (κ3) is 7.51. The molecule has 0 aliphatic carbocycles. The molecule has 0 aliphatic heterocycles. The zero-order valence-electron chi connectivity index (χ0n) is 19.8. The van der Waals surface area contributed by atoms with Crippen LogP contribution in [0.4, 0.5) is 14.5 Å². The van der Waals surface area contributed by atoms with Crippen molar-refractivity contribution in [3.05, 3.63) is 65.7 Å². The average Bonchev–Trinajstić information content (AvgIpc) is 2.78. The molecule has 34 heavy (non-hydrogen) atoms. The number of carbonyl (C=O) groups is 2. The van der Waals surface area contributed by atoms with Crippen LogP contribution >= 0.6 is 0 Å². The first-order valence-corrected chi connectivity index (χ1v) is 12.9. The number of amides is 2. The average molecular weight is 496 g/mol. The van der Waals surface area contributed by atoms with E-state index in [4.69, 9.17) is 0 Å². The zero-order chi connectivity index (χ0) is 25.5. The van der Waals surface area contributed by atoms with E-state index in [2.05, 4.69) is 5.32 Å². The standard InChI is InChI=1S/C24H31F2N3O4S/c1-5-17(3)27-24(31)22(6-2)28(15-18-7-9-19(25)10-8-18)23(30)16-29(34(4,32)33)21-13-11-20(26)12-14-21/h7-14,17,22H,5-6,15-16H2,1-4H3,(H,27,31). The van der Waals surface area contributed by atoms with Crippen LogP contribution in [-0.2, 0) is 26.2 Å². The molecule has 2 rings (SSSR count). The summed E-state index contributed by atoms with van der Waals surface area (Å²) >= 11 is 0. The quantitative estimate of drug-likeness (QED) is 0.517. The Labute approximate surface area is 199 Å². The van der Waals surface area contributed by atoms with Crippen LogP contribution in [0.5, 0.6) is 0 Å². The molecule has 186 valence electrons. The highest BCUT2D eigenvalue weighted by Crippen LogP contribution is 2.20. The van der Waals surface area contributed by atoms with Crippen LogP contribution < -0.4 is 9.62 Å². The molecule has 0 heterocycles. The predicted molar refractivity (Wildman–Crippen MR) is 128 cm³/mol. The fraction of sp³-hybridized carbons (Fsp3) is 0.417. The monoisotopic (exact) mass is 495 g/mol. The summed E-state index contributed by atoms with van der Waals surface area (Å²) in [6, 6.07) is 9.25. The Kier molecular flexibility index (Phi) is 9.55. The molecule has 0 radical (unpaired) electrons. The van der Waals surface area contributed by atoms with Gasteiger partial charge in [0.15, 0.2) is 0 Å². The number of carbonyl (C=O) groups excluding carboxylic acids is 2. The highest BCUT2D eigenvalue weighted by Gasteiger charge is 2.32. The number of nitrogens with one attached hydrogen (secondary N) is 1. The van der Waals surface area contributed by atoms with Crippen molar-refractivity contribution >= 4 is 27.5 Å². The fourth-order valence-corrected chi connectivity index (χ4v) is 4.22. The Morgan fingerprint density at radius 2 is 1.47 bits per heavy atom. The van der Waals surface area contributed by atoms with Crippen LogP contribution in [0.25, 0.3) is 0 Å². The Morgan fingerprint density at radius 1 is 0.941 bits per heavy atom. The molecule has 2 amide bonds. The Hall–Kier alpha value is -3.01. The predicted octanol–water partition coefficient (Wildman–Crippen LogP) is 3.45. The molecule has 0 aromatic heterocycles. The number of sulfonamides is 1. The van der Waals surface area contributed by atoms with Gasteiger partial charge in [-0.1, -0.05) is 26.0 Å². The molecule has 7 nitrogen and oxygen atoms in total. The van der Waals surface area contributed by atoms with Crippen LogP contribution in [-0.4, -0.2) is 50.0 Å². The second kappa shape index (κ2) is 11.9. The molecule has 2 atom stereocenters. The summed E-state index contributed by atoms with van der Waals surface area (Å²) in [5, 5.41) is 2.87. The molecule has 0 fully saturated rings.